The molecule has 0 aliphatic heterocycles. The first-order valence-corrected chi connectivity index (χ1v) is 6.69. The molecule has 1 saturated carbocycles. The van der Waals surface area contributed by atoms with Crippen molar-refractivity contribution in [1.29, 1.82) is 0 Å². The van der Waals surface area contributed by atoms with Crippen molar-refractivity contribution < 1.29 is 0 Å². The van der Waals surface area contributed by atoms with Crippen LogP contribution >= 0.6 is 0 Å². The Morgan fingerprint density at radius 1 is 1.20 bits per heavy atom. The lowest BCUT2D eigenvalue weighted by Crippen LogP contribution is -2.02. The van der Waals surface area contributed by atoms with Crippen LogP contribution in [0.3, 0.4) is 0 Å². The molecule has 2 aliphatic rings. The molecule has 2 rings (SSSR count). The lowest BCUT2D eigenvalue weighted by molar-refractivity contribution is 0.438. The molecule has 84 valence electrons. The van der Waals surface area contributed by atoms with Gasteiger partial charge in [0.15, 0.2) is 0 Å². The Hall–Kier alpha value is -0.520. The zero-order valence-electron chi connectivity index (χ0n) is 10.0. The minimum Gasteiger partial charge on any atom is -0.0842 e. The van der Waals surface area contributed by atoms with E-state index in [4.69, 9.17) is 0 Å². The maximum absolute atomic E-state index is 2.42. The lowest BCUT2D eigenvalue weighted by atomic mass is 9.89. The van der Waals surface area contributed by atoms with Gasteiger partial charge in [0.1, 0.15) is 0 Å². The molecule has 0 bridgehead atoms. The monoisotopic (exact) mass is 204 g/mol. The molecule has 0 aromatic heterocycles. The topological polar surface area (TPSA) is 0 Å². The summed E-state index contributed by atoms with van der Waals surface area (Å²) >= 11 is 0. The van der Waals surface area contributed by atoms with Crippen LogP contribution in [0, 0.1) is 11.8 Å². The van der Waals surface area contributed by atoms with Gasteiger partial charge in [-0.05, 0) is 37.5 Å². The van der Waals surface area contributed by atoms with Crippen LogP contribution in [0.25, 0.3) is 0 Å². The van der Waals surface area contributed by atoms with Gasteiger partial charge in [-0.25, -0.2) is 0 Å². The molecule has 0 N–H and O–H groups in total. The number of allylic oxidation sites excluding steroid dienone is 4. The second kappa shape index (κ2) is 5.53. The molecule has 0 saturated heterocycles. The summed E-state index contributed by atoms with van der Waals surface area (Å²) in [7, 11) is 0. The maximum Gasteiger partial charge on any atom is -0.0282 e. The van der Waals surface area contributed by atoms with Crippen molar-refractivity contribution in [2.75, 3.05) is 0 Å². The van der Waals surface area contributed by atoms with Crippen LogP contribution in [0.5, 0.6) is 0 Å². The highest BCUT2D eigenvalue weighted by Crippen LogP contribution is 2.32. The molecule has 0 nitrogen and oxygen atoms in total. The van der Waals surface area contributed by atoms with E-state index in [1.54, 1.807) is 5.57 Å². The maximum atomic E-state index is 2.42. The molecular weight excluding hydrogens is 180 g/mol. The summed E-state index contributed by atoms with van der Waals surface area (Å²) in [6.07, 6.45) is 18.2. The standard InChI is InChI=1S/C15H24/c1-13-6-5-9-15(11-10-13)12-14-7-3-2-4-8-14/h2-3,7,13,15H,4-6,8-12H2,1H3. The van der Waals surface area contributed by atoms with Gasteiger partial charge in [-0.2, -0.15) is 0 Å². The van der Waals surface area contributed by atoms with E-state index in [1.165, 1.54) is 51.4 Å². The van der Waals surface area contributed by atoms with Gasteiger partial charge in [0, 0.05) is 0 Å². The first-order valence-electron chi connectivity index (χ1n) is 6.69. The summed E-state index contributed by atoms with van der Waals surface area (Å²) < 4.78 is 0. The number of rotatable bonds is 2. The molecule has 0 aromatic rings. The molecule has 0 aromatic carbocycles. The molecule has 0 spiro atoms. The van der Waals surface area contributed by atoms with Crippen molar-refractivity contribution in [3.05, 3.63) is 23.8 Å². The smallest absolute Gasteiger partial charge is 0.0282 e. The van der Waals surface area contributed by atoms with Crippen molar-refractivity contribution in [3.63, 3.8) is 0 Å². The van der Waals surface area contributed by atoms with Crippen LogP contribution < -0.4 is 0 Å². The quantitative estimate of drug-likeness (QED) is 0.563. The third-order valence-corrected chi connectivity index (χ3v) is 4.03. The third kappa shape index (κ3) is 3.52. The van der Waals surface area contributed by atoms with Crippen LogP contribution in [-0.2, 0) is 0 Å². The van der Waals surface area contributed by atoms with Crippen molar-refractivity contribution in [2.45, 2.75) is 58.3 Å². The highest BCUT2D eigenvalue weighted by Gasteiger charge is 2.17. The molecule has 15 heavy (non-hydrogen) atoms. The third-order valence-electron chi connectivity index (χ3n) is 4.03. The summed E-state index contributed by atoms with van der Waals surface area (Å²) in [5.41, 5.74) is 1.71. The Balaban J connectivity index is 1.83. The van der Waals surface area contributed by atoms with Crippen molar-refractivity contribution in [2.24, 2.45) is 11.8 Å². The summed E-state index contributed by atoms with van der Waals surface area (Å²) in [5, 5.41) is 0. The highest BCUT2D eigenvalue weighted by atomic mass is 14.2. The second-order valence-electron chi connectivity index (χ2n) is 5.48. The number of hydrogen-bond acceptors (Lipinski definition) is 0. The Labute approximate surface area is 94.5 Å². The van der Waals surface area contributed by atoms with E-state index in [9.17, 15) is 0 Å². The summed E-state index contributed by atoms with van der Waals surface area (Å²) in [5.74, 6) is 1.97. The van der Waals surface area contributed by atoms with Gasteiger partial charge in [-0.3, -0.25) is 0 Å². The zero-order chi connectivity index (χ0) is 10.5. The molecule has 0 amide bonds. The lowest BCUT2D eigenvalue weighted by Gasteiger charge is -2.17. The predicted octanol–water partition coefficient (Wildman–Crippen LogP) is 4.87. The fraction of sp³-hybridized carbons (Fsp3) is 0.733. The molecule has 0 heterocycles. The van der Waals surface area contributed by atoms with Gasteiger partial charge in [-0.1, -0.05) is 56.4 Å². The Morgan fingerprint density at radius 2 is 2.13 bits per heavy atom. The van der Waals surface area contributed by atoms with Crippen molar-refractivity contribution in [1.82, 2.24) is 0 Å². The fourth-order valence-electron chi connectivity index (χ4n) is 2.96. The van der Waals surface area contributed by atoms with E-state index in [0.717, 1.165) is 11.8 Å². The van der Waals surface area contributed by atoms with E-state index in [-0.39, 0.29) is 0 Å². The highest BCUT2D eigenvalue weighted by molar-refractivity contribution is 5.17. The van der Waals surface area contributed by atoms with Crippen LogP contribution in [0.2, 0.25) is 0 Å². The van der Waals surface area contributed by atoms with E-state index >= 15 is 0 Å². The normalized spacial score (nSPS) is 32.2. The van der Waals surface area contributed by atoms with Gasteiger partial charge in [0.2, 0.25) is 0 Å². The zero-order valence-corrected chi connectivity index (χ0v) is 10.0. The fourth-order valence-corrected chi connectivity index (χ4v) is 2.96. The molecule has 2 atom stereocenters. The van der Waals surface area contributed by atoms with E-state index in [0.29, 0.717) is 0 Å². The van der Waals surface area contributed by atoms with Gasteiger partial charge in [-0.15, -0.1) is 0 Å². The number of hydrogen-bond donors (Lipinski definition) is 0. The van der Waals surface area contributed by atoms with Crippen LogP contribution in [0.4, 0.5) is 0 Å². The van der Waals surface area contributed by atoms with Crippen molar-refractivity contribution >= 4 is 0 Å². The van der Waals surface area contributed by atoms with Crippen LogP contribution in [0.1, 0.15) is 58.3 Å². The second-order valence-corrected chi connectivity index (χ2v) is 5.48. The first-order chi connectivity index (χ1) is 7.34. The Morgan fingerprint density at radius 3 is 2.93 bits per heavy atom. The average Bonchev–Trinajstić information content (AvgIpc) is 2.46. The van der Waals surface area contributed by atoms with Crippen LogP contribution in [0.15, 0.2) is 23.8 Å². The summed E-state index contributed by atoms with van der Waals surface area (Å²) in [6, 6.07) is 0. The predicted molar refractivity (Wildman–Crippen MR) is 66.8 cm³/mol. The molecular formula is C15H24. The van der Waals surface area contributed by atoms with E-state index < -0.39 is 0 Å². The minimum atomic E-state index is 0.982. The van der Waals surface area contributed by atoms with Gasteiger partial charge < -0.3 is 0 Å². The van der Waals surface area contributed by atoms with Gasteiger partial charge in [0.05, 0.1) is 0 Å². The molecule has 1 fully saturated rings. The van der Waals surface area contributed by atoms with Crippen LogP contribution in [-0.4, -0.2) is 0 Å². The van der Waals surface area contributed by atoms with E-state index in [2.05, 4.69) is 25.2 Å². The summed E-state index contributed by atoms with van der Waals surface area (Å²) in [4.78, 5) is 0. The Kier molecular flexibility index (Phi) is 4.05. The van der Waals surface area contributed by atoms with E-state index in [1.807, 2.05) is 0 Å². The van der Waals surface area contributed by atoms with Gasteiger partial charge >= 0.3 is 0 Å². The van der Waals surface area contributed by atoms with Crippen molar-refractivity contribution in [3.8, 4) is 0 Å². The minimum absolute atomic E-state index is 0.982. The summed E-state index contributed by atoms with van der Waals surface area (Å²) in [6.45, 7) is 2.42. The molecule has 2 aliphatic carbocycles. The van der Waals surface area contributed by atoms with Gasteiger partial charge in [0.25, 0.3) is 0 Å². The molecule has 2 unspecified atom stereocenters. The average molecular weight is 204 g/mol. The Bertz CT molecular complexity index is 247. The largest absolute Gasteiger partial charge is 0.0842 e. The molecule has 0 heteroatoms. The molecule has 0 radical (unpaired) electrons. The first kappa shape index (κ1) is 11.0. The SMILES string of the molecule is CC1CCCC(CC2=CC=CCC2)CC1.